The summed E-state index contributed by atoms with van der Waals surface area (Å²) in [5.74, 6) is -1.99. The molecule has 1 fully saturated rings. The Morgan fingerprint density at radius 2 is 1.44 bits per heavy atom. The lowest BCUT2D eigenvalue weighted by Gasteiger charge is -2.09. The highest BCUT2D eigenvalue weighted by molar-refractivity contribution is 6.39. The maximum absolute atomic E-state index is 12.8. The van der Waals surface area contributed by atoms with E-state index in [4.69, 9.17) is 0 Å². The number of nitrogens with one attached hydrogen (secondary N) is 4. The van der Waals surface area contributed by atoms with E-state index in [1.165, 1.54) is 24.3 Å². The molecule has 0 radical (unpaired) electrons. The van der Waals surface area contributed by atoms with Crippen molar-refractivity contribution in [2.45, 2.75) is 25.4 Å². The number of halogens is 1. The number of benzene rings is 2. The van der Waals surface area contributed by atoms with E-state index in [1.54, 1.807) is 24.3 Å². The summed E-state index contributed by atoms with van der Waals surface area (Å²) in [5, 5.41) is 10.4. The molecular formula is C19H19FN4O3. The highest BCUT2D eigenvalue weighted by atomic mass is 19.1. The van der Waals surface area contributed by atoms with Crippen LogP contribution >= 0.6 is 0 Å². The Labute approximate surface area is 155 Å². The molecule has 0 spiro atoms. The van der Waals surface area contributed by atoms with Gasteiger partial charge in [-0.1, -0.05) is 12.1 Å². The van der Waals surface area contributed by atoms with E-state index in [-0.39, 0.29) is 24.4 Å². The third kappa shape index (κ3) is 5.81. The van der Waals surface area contributed by atoms with Crippen LogP contribution in [0.2, 0.25) is 0 Å². The minimum Gasteiger partial charge on any atom is -0.344 e. The van der Waals surface area contributed by atoms with Gasteiger partial charge < -0.3 is 21.3 Å². The van der Waals surface area contributed by atoms with Crippen LogP contribution in [0.1, 0.15) is 18.4 Å². The first-order chi connectivity index (χ1) is 13.0. The molecule has 140 valence electrons. The summed E-state index contributed by atoms with van der Waals surface area (Å²) in [6.07, 6.45) is 2.00. The lowest BCUT2D eigenvalue weighted by Crippen LogP contribution is -2.35. The molecule has 2 aromatic carbocycles. The Morgan fingerprint density at radius 1 is 0.852 bits per heavy atom. The normalized spacial score (nSPS) is 12.8. The zero-order valence-electron chi connectivity index (χ0n) is 14.4. The first-order valence-electron chi connectivity index (χ1n) is 8.51. The van der Waals surface area contributed by atoms with Gasteiger partial charge in [-0.05, 0) is 54.8 Å². The van der Waals surface area contributed by atoms with Gasteiger partial charge in [0.05, 0.1) is 0 Å². The lowest BCUT2D eigenvalue weighted by atomic mass is 10.2. The summed E-state index contributed by atoms with van der Waals surface area (Å²) in [7, 11) is 0. The van der Waals surface area contributed by atoms with Crippen molar-refractivity contribution in [3.05, 3.63) is 59.9 Å². The minimum absolute atomic E-state index is 0.117. The average Bonchev–Trinajstić information content (AvgIpc) is 3.46. The van der Waals surface area contributed by atoms with Gasteiger partial charge >= 0.3 is 17.8 Å². The monoisotopic (exact) mass is 370 g/mol. The van der Waals surface area contributed by atoms with E-state index in [0.29, 0.717) is 16.9 Å². The third-order valence-corrected chi connectivity index (χ3v) is 3.89. The fraction of sp³-hybridized carbons (Fsp3) is 0.211. The maximum atomic E-state index is 12.8. The van der Waals surface area contributed by atoms with Crippen molar-refractivity contribution in [2.75, 3.05) is 10.6 Å². The Balaban J connectivity index is 1.45. The van der Waals surface area contributed by atoms with Crippen molar-refractivity contribution in [3.8, 4) is 0 Å². The van der Waals surface area contributed by atoms with Crippen LogP contribution in [-0.2, 0) is 16.1 Å². The van der Waals surface area contributed by atoms with Gasteiger partial charge in [0.25, 0.3) is 0 Å². The number of amides is 4. The molecule has 7 nitrogen and oxygen atoms in total. The van der Waals surface area contributed by atoms with Crippen LogP contribution in [0.15, 0.2) is 48.5 Å². The van der Waals surface area contributed by atoms with Crippen LogP contribution < -0.4 is 21.3 Å². The van der Waals surface area contributed by atoms with Gasteiger partial charge in [0.2, 0.25) is 0 Å². The van der Waals surface area contributed by atoms with E-state index in [0.717, 1.165) is 12.8 Å². The summed E-state index contributed by atoms with van der Waals surface area (Å²) >= 11 is 0. The van der Waals surface area contributed by atoms with E-state index < -0.39 is 11.8 Å². The fourth-order valence-electron chi connectivity index (χ4n) is 2.27. The standard InChI is InChI=1S/C19H19FN4O3/c20-13-3-1-12(2-4-13)11-21-17(25)18(26)22-14-5-7-15(8-6-14)23-19(27)24-16-9-10-16/h1-8,16H,9-11H2,(H,21,25)(H,22,26)(H2,23,24,27). The summed E-state index contributed by atoms with van der Waals surface area (Å²) in [6.45, 7) is 0.117. The van der Waals surface area contributed by atoms with Crippen LogP contribution in [0.5, 0.6) is 0 Å². The number of hydrogen-bond donors (Lipinski definition) is 4. The first kappa shape index (κ1) is 18.4. The smallest absolute Gasteiger partial charge is 0.319 e. The molecule has 1 aliphatic rings. The Kier molecular flexibility index (Phi) is 5.65. The van der Waals surface area contributed by atoms with E-state index in [2.05, 4.69) is 21.3 Å². The molecule has 0 heterocycles. The molecule has 8 heteroatoms. The molecule has 0 saturated heterocycles. The fourth-order valence-corrected chi connectivity index (χ4v) is 2.27. The number of anilines is 2. The second-order valence-electron chi connectivity index (χ2n) is 6.21. The van der Waals surface area contributed by atoms with Gasteiger partial charge in [-0.25, -0.2) is 9.18 Å². The topological polar surface area (TPSA) is 99.3 Å². The van der Waals surface area contributed by atoms with Crippen molar-refractivity contribution in [1.82, 2.24) is 10.6 Å². The second-order valence-corrected chi connectivity index (χ2v) is 6.21. The third-order valence-electron chi connectivity index (χ3n) is 3.89. The van der Waals surface area contributed by atoms with Crippen LogP contribution in [0, 0.1) is 5.82 Å². The maximum Gasteiger partial charge on any atom is 0.319 e. The van der Waals surface area contributed by atoms with Crippen LogP contribution in [0.25, 0.3) is 0 Å². The zero-order valence-corrected chi connectivity index (χ0v) is 14.4. The van der Waals surface area contributed by atoms with Crippen molar-refractivity contribution < 1.29 is 18.8 Å². The Bertz CT molecular complexity index is 833. The Hall–Kier alpha value is -3.42. The predicted molar refractivity (Wildman–Crippen MR) is 98.5 cm³/mol. The summed E-state index contributed by atoms with van der Waals surface area (Å²) < 4.78 is 12.8. The van der Waals surface area contributed by atoms with Gasteiger partial charge in [-0.2, -0.15) is 0 Å². The van der Waals surface area contributed by atoms with Crippen LogP contribution in [0.3, 0.4) is 0 Å². The van der Waals surface area contributed by atoms with Crippen molar-refractivity contribution in [2.24, 2.45) is 0 Å². The van der Waals surface area contributed by atoms with Gasteiger partial charge in [-0.3, -0.25) is 9.59 Å². The molecule has 1 saturated carbocycles. The van der Waals surface area contributed by atoms with Gasteiger partial charge in [0, 0.05) is 24.0 Å². The number of carbonyl (C=O) groups is 3. The van der Waals surface area contributed by atoms with E-state index >= 15 is 0 Å². The number of urea groups is 1. The highest BCUT2D eigenvalue weighted by Crippen LogP contribution is 2.19. The molecule has 0 unspecified atom stereocenters. The SMILES string of the molecule is O=C(Nc1ccc(NC(=O)C(=O)NCc2ccc(F)cc2)cc1)NC1CC1. The number of carbonyl (C=O) groups excluding carboxylic acids is 3. The number of hydrogen-bond acceptors (Lipinski definition) is 3. The highest BCUT2D eigenvalue weighted by Gasteiger charge is 2.23. The predicted octanol–water partition coefficient (Wildman–Crippen LogP) is 2.36. The minimum atomic E-state index is -0.815. The second kappa shape index (κ2) is 8.31. The Morgan fingerprint density at radius 3 is 2.04 bits per heavy atom. The molecule has 0 bridgehead atoms. The molecule has 2 aromatic rings. The summed E-state index contributed by atoms with van der Waals surface area (Å²) in [5.41, 5.74) is 1.68. The van der Waals surface area contributed by atoms with Crippen molar-refractivity contribution in [3.63, 3.8) is 0 Å². The van der Waals surface area contributed by atoms with Crippen LogP contribution in [-0.4, -0.2) is 23.9 Å². The summed E-state index contributed by atoms with van der Waals surface area (Å²) in [4.78, 5) is 35.4. The molecule has 3 rings (SSSR count). The molecule has 0 atom stereocenters. The molecule has 27 heavy (non-hydrogen) atoms. The average molecular weight is 370 g/mol. The quantitative estimate of drug-likeness (QED) is 0.608. The van der Waals surface area contributed by atoms with E-state index in [1.807, 2.05) is 0 Å². The lowest BCUT2D eigenvalue weighted by molar-refractivity contribution is -0.136. The van der Waals surface area contributed by atoms with Crippen molar-refractivity contribution in [1.29, 1.82) is 0 Å². The van der Waals surface area contributed by atoms with E-state index in [9.17, 15) is 18.8 Å². The summed E-state index contributed by atoms with van der Waals surface area (Å²) in [6, 6.07) is 12.0. The van der Waals surface area contributed by atoms with Crippen molar-refractivity contribution >= 4 is 29.2 Å². The molecule has 0 aromatic heterocycles. The molecule has 4 N–H and O–H groups in total. The van der Waals surface area contributed by atoms with Crippen LogP contribution in [0.4, 0.5) is 20.6 Å². The zero-order chi connectivity index (χ0) is 19.2. The largest absolute Gasteiger partial charge is 0.344 e. The van der Waals surface area contributed by atoms with Gasteiger partial charge in [-0.15, -0.1) is 0 Å². The first-order valence-corrected chi connectivity index (χ1v) is 8.51. The van der Waals surface area contributed by atoms with Gasteiger partial charge in [0.15, 0.2) is 0 Å². The van der Waals surface area contributed by atoms with Gasteiger partial charge in [0.1, 0.15) is 5.82 Å². The number of rotatable bonds is 5. The molecule has 1 aliphatic carbocycles. The molecule has 0 aliphatic heterocycles. The molecular weight excluding hydrogens is 351 g/mol. The molecule has 4 amide bonds.